The smallest absolute Gasteiger partial charge is 0.416 e. The number of benzene rings is 1. The highest BCUT2D eigenvalue weighted by Crippen LogP contribution is 2.34. The van der Waals surface area contributed by atoms with Crippen molar-refractivity contribution in [3.63, 3.8) is 0 Å². The predicted molar refractivity (Wildman–Crippen MR) is 59.2 cm³/mol. The van der Waals surface area contributed by atoms with Gasteiger partial charge in [-0.1, -0.05) is 6.92 Å². The van der Waals surface area contributed by atoms with Crippen molar-refractivity contribution >= 4 is 17.7 Å². The first-order valence-corrected chi connectivity index (χ1v) is 5.88. The first kappa shape index (κ1) is 13.9. The molecule has 0 aliphatic rings. The van der Waals surface area contributed by atoms with Gasteiger partial charge in [-0.2, -0.15) is 13.2 Å². The molecule has 0 spiro atoms. The molecule has 6 heteroatoms. The first-order valence-electron chi connectivity index (χ1n) is 4.89. The van der Waals surface area contributed by atoms with Crippen LogP contribution in [0.25, 0.3) is 0 Å². The Bertz CT molecular complexity index is 416. The van der Waals surface area contributed by atoms with Crippen molar-refractivity contribution in [1.29, 1.82) is 0 Å². The van der Waals surface area contributed by atoms with E-state index < -0.39 is 24.1 Å². The van der Waals surface area contributed by atoms with Gasteiger partial charge in [0.05, 0.1) is 12.0 Å². The van der Waals surface area contributed by atoms with Crippen LogP contribution in [0.2, 0.25) is 0 Å². The number of thioether (sulfide) groups is 1. The normalized spacial score (nSPS) is 11.5. The summed E-state index contributed by atoms with van der Waals surface area (Å²) in [5.74, 6) is -0.549. The Kier molecular flexibility index (Phi) is 4.45. The van der Waals surface area contributed by atoms with E-state index in [1.165, 1.54) is 23.9 Å². The Morgan fingerprint density at radius 1 is 1.41 bits per heavy atom. The molecule has 0 aliphatic heterocycles. The summed E-state index contributed by atoms with van der Waals surface area (Å²) < 4.78 is 37.8. The average Bonchev–Trinajstić information content (AvgIpc) is 2.15. The Balaban J connectivity index is 3.16. The second-order valence-corrected chi connectivity index (χ2v) is 4.66. The van der Waals surface area contributed by atoms with Gasteiger partial charge in [0, 0.05) is 4.90 Å². The lowest BCUT2D eigenvalue weighted by Gasteiger charge is -2.12. The van der Waals surface area contributed by atoms with Crippen LogP contribution in [0.15, 0.2) is 23.1 Å². The van der Waals surface area contributed by atoms with Crippen LogP contribution < -0.4 is 0 Å². The van der Waals surface area contributed by atoms with Crippen molar-refractivity contribution in [3.8, 4) is 0 Å². The summed E-state index contributed by atoms with van der Waals surface area (Å²) in [4.78, 5) is 11.2. The maximum absolute atomic E-state index is 12.6. The van der Waals surface area contributed by atoms with Crippen molar-refractivity contribution < 1.29 is 23.1 Å². The van der Waals surface area contributed by atoms with Gasteiger partial charge in [0.2, 0.25) is 0 Å². The number of alkyl halides is 3. The molecule has 0 radical (unpaired) electrons. The molecule has 0 heterocycles. The summed E-state index contributed by atoms with van der Waals surface area (Å²) >= 11 is 1.38. The highest BCUT2D eigenvalue weighted by atomic mass is 32.2. The van der Waals surface area contributed by atoms with Gasteiger partial charge in [0.1, 0.15) is 0 Å². The Morgan fingerprint density at radius 2 is 2.06 bits per heavy atom. The Hall–Kier alpha value is -1.17. The monoisotopic (exact) mass is 264 g/mol. The van der Waals surface area contributed by atoms with Crippen LogP contribution >= 0.6 is 11.8 Å². The molecule has 1 aromatic carbocycles. The number of aliphatic carboxylic acids is 1. The first-order chi connectivity index (χ1) is 7.84. The summed E-state index contributed by atoms with van der Waals surface area (Å²) in [5.41, 5.74) is -1.07. The van der Waals surface area contributed by atoms with Crippen molar-refractivity contribution in [2.75, 3.05) is 5.75 Å². The quantitative estimate of drug-likeness (QED) is 0.846. The third-order valence-electron chi connectivity index (χ3n) is 2.03. The molecule has 0 fully saturated rings. The molecule has 0 aromatic heterocycles. The van der Waals surface area contributed by atoms with Crippen molar-refractivity contribution in [3.05, 3.63) is 29.3 Å². The summed E-state index contributed by atoms with van der Waals surface area (Å²) in [6.07, 6.45) is -5.13. The van der Waals surface area contributed by atoms with Crippen molar-refractivity contribution in [1.82, 2.24) is 0 Å². The van der Waals surface area contributed by atoms with Gasteiger partial charge in [0.25, 0.3) is 0 Å². The lowest BCUT2D eigenvalue weighted by Crippen LogP contribution is -2.12. The van der Waals surface area contributed by atoms with Crippen LogP contribution in [0.3, 0.4) is 0 Å². The number of halogens is 3. The van der Waals surface area contributed by atoms with Crippen molar-refractivity contribution in [2.24, 2.45) is 0 Å². The van der Waals surface area contributed by atoms with Crippen LogP contribution in [0, 0.1) is 0 Å². The van der Waals surface area contributed by atoms with Crippen LogP contribution in [-0.2, 0) is 17.4 Å². The highest BCUT2D eigenvalue weighted by molar-refractivity contribution is 7.99. The van der Waals surface area contributed by atoms with E-state index in [1.807, 2.05) is 6.92 Å². The molecule has 0 amide bonds. The van der Waals surface area contributed by atoms with Gasteiger partial charge >= 0.3 is 12.1 Å². The molecule has 0 aliphatic carbocycles. The fourth-order valence-electron chi connectivity index (χ4n) is 1.41. The van der Waals surface area contributed by atoms with E-state index in [9.17, 15) is 18.0 Å². The van der Waals surface area contributed by atoms with E-state index in [2.05, 4.69) is 0 Å². The fourth-order valence-corrected chi connectivity index (χ4v) is 2.14. The third-order valence-corrected chi connectivity index (χ3v) is 2.91. The minimum absolute atomic E-state index is 0.191. The number of hydrogen-bond acceptors (Lipinski definition) is 2. The lowest BCUT2D eigenvalue weighted by atomic mass is 10.0. The molecular formula is C11H11F3O2S. The number of rotatable bonds is 4. The molecular weight excluding hydrogens is 253 g/mol. The molecule has 1 rings (SSSR count). The SMILES string of the molecule is CCSc1ccc(C(F)(F)F)c(CC(=O)O)c1. The highest BCUT2D eigenvalue weighted by Gasteiger charge is 2.33. The van der Waals surface area contributed by atoms with E-state index >= 15 is 0 Å². The summed E-state index contributed by atoms with van der Waals surface area (Å²) in [5, 5.41) is 8.60. The van der Waals surface area contributed by atoms with E-state index in [4.69, 9.17) is 5.11 Å². The van der Waals surface area contributed by atoms with Crippen molar-refractivity contribution in [2.45, 2.75) is 24.4 Å². The number of carboxylic acids is 1. The predicted octanol–water partition coefficient (Wildman–Crippen LogP) is 3.44. The van der Waals surface area contributed by atoms with Gasteiger partial charge in [0.15, 0.2) is 0 Å². The second-order valence-electron chi connectivity index (χ2n) is 3.32. The molecule has 0 saturated heterocycles. The van der Waals surface area contributed by atoms with Gasteiger partial charge in [-0.3, -0.25) is 4.79 Å². The number of hydrogen-bond donors (Lipinski definition) is 1. The zero-order chi connectivity index (χ0) is 13.1. The lowest BCUT2D eigenvalue weighted by molar-refractivity contribution is -0.139. The average molecular weight is 264 g/mol. The Morgan fingerprint density at radius 3 is 2.53 bits per heavy atom. The van der Waals surface area contributed by atoms with Crippen LogP contribution in [0.5, 0.6) is 0 Å². The minimum Gasteiger partial charge on any atom is -0.481 e. The molecule has 17 heavy (non-hydrogen) atoms. The molecule has 94 valence electrons. The molecule has 0 bridgehead atoms. The molecule has 2 nitrogen and oxygen atoms in total. The van der Waals surface area contributed by atoms with Gasteiger partial charge in [-0.15, -0.1) is 11.8 Å². The summed E-state index contributed by atoms with van der Waals surface area (Å²) in [6, 6.07) is 3.60. The van der Waals surface area contributed by atoms with Crippen LogP contribution in [0.1, 0.15) is 18.1 Å². The zero-order valence-electron chi connectivity index (χ0n) is 9.04. The van der Waals surface area contributed by atoms with E-state index in [-0.39, 0.29) is 5.56 Å². The van der Waals surface area contributed by atoms with E-state index in [0.717, 1.165) is 11.8 Å². The third kappa shape index (κ3) is 3.96. The summed E-state index contributed by atoms with van der Waals surface area (Å²) in [6.45, 7) is 1.87. The number of carbonyl (C=O) groups is 1. The van der Waals surface area contributed by atoms with E-state index in [0.29, 0.717) is 4.90 Å². The number of carboxylic acid groups (broad SMARTS) is 1. The standard InChI is InChI=1S/C11H11F3O2S/c1-2-17-8-3-4-9(11(12,13)14)7(5-8)6-10(15)16/h3-5H,2,6H2,1H3,(H,15,16). The topological polar surface area (TPSA) is 37.3 Å². The van der Waals surface area contributed by atoms with Crippen LogP contribution in [-0.4, -0.2) is 16.8 Å². The largest absolute Gasteiger partial charge is 0.481 e. The molecule has 1 aromatic rings. The maximum Gasteiger partial charge on any atom is 0.416 e. The van der Waals surface area contributed by atoms with Crippen LogP contribution in [0.4, 0.5) is 13.2 Å². The molecule has 0 unspecified atom stereocenters. The fraction of sp³-hybridized carbons (Fsp3) is 0.364. The molecule has 1 N–H and O–H groups in total. The summed E-state index contributed by atoms with van der Waals surface area (Å²) in [7, 11) is 0. The van der Waals surface area contributed by atoms with Gasteiger partial charge in [-0.05, 0) is 29.5 Å². The second kappa shape index (κ2) is 5.44. The molecule has 0 atom stereocenters. The van der Waals surface area contributed by atoms with Gasteiger partial charge in [-0.25, -0.2) is 0 Å². The minimum atomic E-state index is -4.51. The Labute approximate surface area is 101 Å². The van der Waals surface area contributed by atoms with E-state index in [1.54, 1.807) is 0 Å². The zero-order valence-corrected chi connectivity index (χ0v) is 9.86. The maximum atomic E-state index is 12.6. The molecule has 0 saturated carbocycles. The van der Waals surface area contributed by atoms with Gasteiger partial charge < -0.3 is 5.11 Å².